The minimum atomic E-state index is -2.24. The molecule has 0 aliphatic rings. The molecule has 1 aromatic carbocycles. The zero-order valence-corrected chi connectivity index (χ0v) is 17.2. The highest BCUT2D eigenvalue weighted by molar-refractivity contribution is 7.71. The first-order chi connectivity index (χ1) is 12.4. The molecule has 7 heteroatoms. The monoisotopic (exact) mass is 383 g/mol. The first kappa shape index (κ1) is 24.1. The van der Waals surface area contributed by atoms with E-state index in [-0.39, 0.29) is 18.6 Å². The fraction of sp³-hybridized carbons (Fsp3) is 0.579. The summed E-state index contributed by atoms with van der Waals surface area (Å²) < 4.78 is 21.1. The van der Waals surface area contributed by atoms with Crippen molar-refractivity contribution in [3.05, 3.63) is 36.4 Å². The number of nitrogens with one attached hydrogen (secondary N) is 1. The fourth-order valence-electron chi connectivity index (χ4n) is 2.19. The number of benzene rings is 1. The number of amides is 2. The Bertz CT molecular complexity index is 565. The standard InChI is InChI=1S/C13H27N3O3S.C6H6/c1-5-15(6-2)9-7-8-14-13(17)16(12(3)4)10-11-20(18)19;1-2-4-6-5-3-1/h11-12H,5-10H2,1-4H3,(H,14,17);1-6H. The van der Waals surface area contributed by atoms with Crippen LogP contribution in [0.5, 0.6) is 0 Å². The van der Waals surface area contributed by atoms with E-state index in [1.165, 1.54) is 4.90 Å². The van der Waals surface area contributed by atoms with Gasteiger partial charge in [0.15, 0.2) is 0 Å². The third-order valence-corrected chi connectivity index (χ3v) is 4.20. The number of carbonyl (C=O) groups excluding carboxylic acids is 1. The highest BCUT2D eigenvalue weighted by atomic mass is 32.2. The Morgan fingerprint density at radius 1 is 1.04 bits per heavy atom. The molecule has 0 aliphatic heterocycles. The molecule has 0 saturated carbocycles. The van der Waals surface area contributed by atoms with Crippen molar-refractivity contribution in [1.29, 1.82) is 0 Å². The van der Waals surface area contributed by atoms with Gasteiger partial charge in [0, 0.05) is 12.6 Å². The van der Waals surface area contributed by atoms with E-state index in [9.17, 15) is 13.2 Å². The minimum absolute atomic E-state index is 0.0439. The van der Waals surface area contributed by atoms with E-state index in [4.69, 9.17) is 0 Å². The molecule has 0 saturated heterocycles. The van der Waals surface area contributed by atoms with Crippen LogP contribution in [0, 0.1) is 0 Å². The van der Waals surface area contributed by atoms with Crippen LogP contribution in [-0.2, 0) is 10.3 Å². The lowest BCUT2D eigenvalue weighted by Gasteiger charge is -2.25. The topological polar surface area (TPSA) is 69.7 Å². The van der Waals surface area contributed by atoms with Crippen LogP contribution >= 0.6 is 0 Å². The van der Waals surface area contributed by atoms with E-state index in [1.54, 1.807) is 0 Å². The van der Waals surface area contributed by atoms with Gasteiger partial charge >= 0.3 is 6.03 Å². The largest absolute Gasteiger partial charge is 0.338 e. The minimum Gasteiger partial charge on any atom is -0.338 e. The van der Waals surface area contributed by atoms with E-state index in [2.05, 4.69) is 24.1 Å². The number of hydrogen-bond donors (Lipinski definition) is 1. The van der Waals surface area contributed by atoms with E-state index < -0.39 is 10.3 Å². The Morgan fingerprint density at radius 3 is 1.92 bits per heavy atom. The van der Waals surface area contributed by atoms with Gasteiger partial charge < -0.3 is 15.1 Å². The van der Waals surface area contributed by atoms with Crippen molar-refractivity contribution in [3.8, 4) is 0 Å². The van der Waals surface area contributed by atoms with E-state index in [0.29, 0.717) is 6.54 Å². The van der Waals surface area contributed by atoms with Gasteiger partial charge in [-0.25, -0.2) is 4.79 Å². The first-order valence-electron chi connectivity index (χ1n) is 9.10. The van der Waals surface area contributed by atoms with Gasteiger partial charge in [0.1, 0.15) is 0 Å². The zero-order valence-electron chi connectivity index (χ0n) is 16.4. The van der Waals surface area contributed by atoms with Gasteiger partial charge in [-0.1, -0.05) is 50.2 Å². The first-order valence-corrected chi connectivity index (χ1v) is 10.2. The molecule has 1 rings (SSSR count). The van der Waals surface area contributed by atoms with Gasteiger partial charge in [-0.3, -0.25) is 0 Å². The Kier molecular flexibility index (Phi) is 14.3. The summed E-state index contributed by atoms with van der Waals surface area (Å²) in [6, 6.07) is 11.7. The lowest BCUT2D eigenvalue weighted by atomic mass is 10.3. The highest BCUT2D eigenvalue weighted by Gasteiger charge is 2.15. The third-order valence-electron chi connectivity index (χ3n) is 3.78. The van der Waals surface area contributed by atoms with Crippen molar-refractivity contribution in [2.24, 2.45) is 0 Å². The molecule has 26 heavy (non-hydrogen) atoms. The van der Waals surface area contributed by atoms with Gasteiger partial charge in [-0.15, -0.1) is 0 Å². The number of carbonyl (C=O) groups is 1. The van der Waals surface area contributed by atoms with E-state index >= 15 is 0 Å². The van der Waals surface area contributed by atoms with Crippen molar-refractivity contribution < 1.29 is 13.2 Å². The van der Waals surface area contributed by atoms with Gasteiger partial charge in [-0.2, -0.15) is 8.42 Å². The molecule has 6 nitrogen and oxygen atoms in total. The summed E-state index contributed by atoms with van der Waals surface area (Å²) in [5.41, 5.74) is 0. The maximum Gasteiger partial charge on any atom is 0.317 e. The van der Waals surface area contributed by atoms with Crippen LogP contribution in [0.2, 0.25) is 0 Å². The molecule has 0 atom stereocenters. The van der Waals surface area contributed by atoms with Crippen LogP contribution < -0.4 is 5.32 Å². The lowest BCUT2D eigenvalue weighted by molar-refractivity contribution is 0.192. The molecular weight excluding hydrogens is 350 g/mol. The van der Waals surface area contributed by atoms with Crippen LogP contribution in [0.4, 0.5) is 4.79 Å². The molecule has 2 amide bonds. The summed E-state index contributed by atoms with van der Waals surface area (Å²) >= 11 is 0. The summed E-state index contributed by atoms with van der Waals surface area (Å²) in [6.45, 7) is 11.6. The second kappa shape index (κ2) is 15.4. The molecule has 0 aromatic heterocycles. The second-order valence-electron chi connectivity index (χ2n) is 5.94. The highest BCUT2D eigenvalue weighted by Crippen LogP contribution is 1.97. The maximum atomic E-state index is 12.0. The van der Waals surface area contributed by atoms with Crippen LogP contribution in [0.15, 0.2) is 36.4 Å². The number of hydrogen-bond acceptors (Lipinski definition) is 4. The summed E-state index contributed by atoms with van der Waals surface area (Å²) in [6.07, 6.45) is 0.885. The SMILES string of the molecule is CCN(CC)CCCNC(=O)N(CC=S(=O)=O)C(C)C.c1ccccc1. The van der Waals surface area contributed by atoms with Crippen molar-refractivity contribution in [2.45, 2.75) is 40.2 Å². The normalized spacial score (nSPS) is 10.1. The molecule has 0 spiro atoms. The molecular formula is C19H33N3O3S. The predicted octanol–water partition coefficient (Wildman–Crippen LogP) is 2.51. The molecule has 0 bridgehead atoms. The van der Waals surface area contributed by atoms with Gasteiger partial charge in [-0.05, 0) is 39.9 Å². The van der Waals surface area contributed by atoms with Gasteiger partial charge in [0.05, 0.1) is 11.9 Å². The Morgan fingerprint density at radius 2 is 1.54 bits per heavy atom. The summed E-state index contributed by atoms with van der Waals surface area (Å²) in [4.78, 5) is 15.7. The molecule has 148 valence electrons. The molecule has 1 N–H and O–H groups in total. The van der Waals surface area contributed by atoms with Crippen LogP contribution in [-0.4, -0.2) is 68.4 Å². The molecule has 0 fully saturated rings. The zero-order chi connectivity index (χ0) is 19.8. The summed E-state index contributed by atoms with van der Waals surface area (Å²) in [5.74, 6) is 0. The van der Waals surface area contributed by atoms with Crippen LogP contribution in [0.25, 0.3) is 0 Å². The Labute approximate surface area is 159 Å². The molecule has 0 aliphatic carbocycles. The fourth-order valence-corrected chi connectivity index (χ4v) is 2.48. The Hall–Kier alpha value is -1.86. The second-order valence-corrected chi connectivity index (χ2v) is 6.79. The molecule has 0 radical (unpaired) electrons. The third kappa shape index (κ3) is 12.5. The smallest absolute Gasteiger partial charge is 0.317 e. The summed E-state index contributed by atoms with van der Waals surface area (Å²) in [7, 11) is -2.24. The quantitative estimate of drug-likeness (QED) is 0.525. The average molecular weight is 384 g/mol. The van der Waals surface area contributed by atoms with Crippen molar-refractivity contribution >= 4 is 21.7 Å². The predicted molar refractivity (Wildman–Crippen MR) is 109 cm³/mol. The van der Waals surface area contributed by atoms with Crippen molar-refractivity contribution in [1.82, 2.24) is 15.1 Å². The van der Waals surface area contributed by atoms with Crippen LogP contribution in [0.1, 0.15) is 34.1 Å². The van der Waals surface area contributed by atoms with Gasteiger partial charge in [0.2, 0.25) is 10.3 Å². The molecule has 1 aromatic rings. The van der Waals surface area contributed by atoms with Crippen molar-refractivity contribution in [2.75, 3.05) is 32.7 Å². The van der Waals surface area contributed by atoms with Gasteiger partial charge in [0.25, 0.3) is 0 Å². The summed E-state index contributed by atoms with van der Waals surface area (Å²) in [5, 5.41) is 3.92. The molecule has 0 heterocycles. The number of nitrogens with zero attached hydrogens (tertiary/aromatic N) is 2. The van der Waals surface area contributed by atoms with Crippen molar-refractivity contribution in [3.63, 3.8) is 0 Å². The molecule has 0 unspecified atom stereocenters. The average Bonchev–Trinajstić information content (AvgIpc) is 2.63. The lowest BCUT2D eigenvalue weighted by Crippen LogP contribution is -2.45. The maximum absolute atomic E-state index is 12.0. The number of rotatable bonds is 9. The van der Waals surface area contributed by atoms with E-state index in [1.807, 2.05) is 50.2 Å². The van der Waals surface area contributed by atoms with E-state index in [0.717, 1.165) is 31.4 Å². The number of urea groups is 1. The Balaban J connectivity index is 0.000000867. The van der Waals surface area contributed by atoms with Crippen LogP contribution in [0.3, 0.4) is 0 Å².